The number of unbranched alkanes of at least 4 members (excludes halogenated alkanes) is 12. The summed E-state index contributed by atoms with van der Waals surface area (Å²) in [5.41, 5.74) is 0. The number of rotatable bonds is 21. The van der Waals surface area contributed by atoms with Crippen LogP contribution in [0, 0.1) is 5.92 Å². The van der Waals surface area contributed by atoms with Crippen molar-refractivity contribution in [3.63, 3.8) is 0 Å². The Balaban J connectivity index is 4.00. The van der Waals surface area contributed by atoms with Crippen LogP contribution in [-0.4, -0.2) is 22.8 Å². The van der Waals surface area contributed by atoms with Crippen molar-refractivity contribution < 1.29 is 8.85 Å². The summed E-state index contributed by atoms with van der Waals surface area (Å²) in [7, 11) is 1.61. The van der Waals surface area contributed by atoms with E-state index in [-0.39, 0.29) is 5.04 Å². The molecule has 0 saturated carbocycles. The lowest BCUT2D eigenvalue weighted by molar-refractivity contribution is 0.195. The SMILES string of the molecule is CCCCCCCCCCCCCCCC(C)(C)[Si](CC(CC)CC)(OC)OC. The minimum atomic E-state index is -2.18. The summed E-state index contributed by atoms with van der Waals surface area (Å²) in [5, 5.41) is 0.177. The van der Waals surface area contributed by atoms with E-state index in [4.69, 9.17) is 8.85 Å². The predicted octanol–water partition coefficient (Wildman–Crippen LogP) is 9.42. The van der Waals surface area contributed by atoms with Crippen molar-refractivity contribution in [1.29, 1.82) is 0 Å². The van der Waals surface area contributed by atoms with Gasteiger partial charge in [0.05, 0.1) is 0 Å². The van der Waals surface area contributed by atoms with Crippen molar-refractivity contribution in [1.82, 2.24) is 0 Å². The molecule has 0 amide bonds. The van der Waals surface area contributed by atoms with E-state index >= 15 is 0 Å². The first kappa shape index (κ1) is 29.1. The zero-order valence-electron chi connectivity index (χ0n) is 21.4. The molecule has 0 atom stereocenters. The molecule has 0 aromatic carbocycles. The third-order valence-corrected chi connectivity index (χ3v) is 12.1. The standard InChI is InChI=1S/C26H56O2Si/c1-8-11-12-13-14-15-16-17-18-19-20-21-22-23-26(4,5)29(27-6,28-7)24-25(9-2)10-3/h25H,8-24H2,1-7H3. The van der Waals surface area contributed by atoms with E-state index in [0.717, 1.165) is 12.0 Å². The summed E-state index contributed by atoms with van der Waals surface area (Å²) in [6.45, 7) is 11.7. The molecule has 0 heterocycles. The molecule has 3 heteroatoms. The average molecular weight is 429 g/mol. The van der Waals surface area contributed by atoms with Gasteiger partial charge in [-0.1, -0.05) is 131 Å². The quantitative estimate of drug-likeness (QED) is 0.134. The third kappa shape index (κ3) is 11.9. The summed E-state index contributed by atoms with van der Waals surface area (Å²) in [6.07, 6.45) is 22.1. The second kappa shape index (κ2) is 17.8. The Labute approximate surface area is 186 Å². The second-order valence-corrected chi connectivity index (χ2v) is 14.0. The van der Waals surface area contributed by atoms with Gasteiger partial charge in [0.2, 0.25) is 0 Å². The van der Waals surface area contributed by atoms with Crippen LogP contribution >= 0.6 is 0 Å². The predicted molar refractivity (Wildman–Crippen MR) is 133 cm³/mol. The molecular formula is C26H56O2Si. The highest BCUT2D eigenvalue weighted by molar-refractivity contribution is 6.70. The van der Waals surface area contributed by atoms with Crippen molar-refractivity contribution in [3.8, 4) is 0 Å². The lowest BCUT2D eigenvalue weighted by atomic mass is 10.0. The Bertz CT molecular complexity index is 349. The summed E-state index contributed by atoms with van der Waals surface area (Å²) in [4.78, 5) is 0. The molecular weight excluding hydrogens is 372 g/mol. The zero-order valence-corrected chi connectivity index (χ0v) is 22.4. The van der Waals surface area contributed by atoms with Gasteiger partial charge < -0.3 is 8.85 Å². The normalized spacial score (nSPS) is 12.8. The minimum Gasteiger partial charge on any atom is -0.397 e. The molecule has 0 saturated heterocycles. The minimum absolute atomic E-state index is 0.177. The molecule has 0 unspecified atom stereocenters. The van der Waals surface area contributed by atoms with Crippen molar-refractivity contribution in [3.05, 3.63) is 0 Å². The Hall–Kier alpha value is 0.137. The molecule has 0 aliphatic rings. The van der Waals surface area contributed by atoms with E-state index in [1.807, 2.05) is 14.2 Å². The second-order valence-electron chi connectivity index (χ2n) is 9.92. The van der Waals surface area contributed by atoms with Gasteiger partial charge in [0.25, 0.3) is 0 Å². The van der Waals surface area contributed by atoms with Crippen LogP contribution in [0.2, 0.25) is 11.1 Å². The zero-order chi connectivity index (χ0) is 22.0. The first-order valence-corrected chi connectivity index (χ1v) is 15.1. The van der Waals surface area contributed by atoms with Gasteiger partial charge in [-0.2, -0.15) is 0 Å². The molecule has 0 fully saturated rings. The van der Waals surface area contributed by atoms with Crippen LogP contribution in [0.3, 0.4) is 0 Å². The van der Waals surface area contributed by atoms with Crippen molar-refractivity contribution >= 4 is 8.56 Å². The number of hydrogen-bond donors (Lipinski definition) is 0. The summed E-state index contributed by atoms with van der Waals surface area (Å²) < 4.78 is 12.3. The molecule has 0 aromatic heterocycles. The smallest absolute Gasteiger partial charge is 0.343 e. The van der Waals surface area contributed by atoms with E-state index in [1.165, 1.54) is 103 Å². The fraction of sp³-hybridized carbons (Fsp3) is 1.00. The van der Waals surface area contributed by atoms with Crippen LogP contribution in [0.4, 0.5) is 0 Å². The van der Waals surface area contributed by atoms with Gasteiger partial charge in [-0.05, 0) is 18.4 Å². The fourth-order valence-electron chi connectivity index (χ4n) is 4.81. The summed E-state index contributed by atoms with van der Waals surface area (Å²) in [6, 6.07) is 1.14. The summed E-state index contributed by atoms with van der Waals surface area (Å²) >= 11 is 0. The molecule has 0 aliphatic carbocycles. The van der Waals surface area contributed by atoms with E-state index in [0.29, 0.717) is 0 Å². The molecule has 29 heavy (non-hydrogen) atoms. The lowest BCUT2D eigenvalue weighted by Crippen LogP contribution is -2.51. The van der Waals surface area contributed by atoms with Crippen LogP contribution in [0.15, 0.2) is 0 Å². The maximum Gasteiger partial charge on any atom is 0.343 e. The van der Waals surface area contributed by atoms with Gasteiger partial charge >= 0.3 is 8.56 Å². The highest BCUT2D eigenvalue weighted by Gasteiger charge is 2.51. The van der Waals surface area contributed by atoms with Crippen LogP contribution < -0.4 is 0 Å². The molecule has 0 radical (unpaired) electrons. The first-order valence-electron chi connectivity index (χ1n) is 13.0. The largest absolute Gasteiger partial charge is 0.397 e. The maximum absolute atomic E-state index is 6.17. The molecule has 2 nitrogen and oxygen atoms in total. The van der Waals surface area contributed by atoms with Crippen LogP contribution in [-0.2, 0) is 8.85 Å². The Morgan fingerprint density at radius 3 is 1.34 bits per heavy atom. The average Bonchev–Trinajstić information content (AvgIpc) is 2.72. The Morgan fingerprint density at radius 1 is 0.621 bits per heavy atom. The van der Waals surface area contributed by atoms with Crippen molar-refractivity contribution in [2.75, 3.05) is 14.2 Å². The molecule has 0 bridgehead atoms. The molecule has 0 aromatic rings. The van der Waals surface area contributed by atoms with Crippen molar-refractivity contribution in [2.45, 2.75) is 148 Å². The van der Waals surface area contributed by atoms with Gasteiger partial charge in [0.15, 0.2) is 0 Å². The topological polar surface area (TPSA) is 18.5 Å². The maximum atomic E-state index is 6.17. The highest BCUT2D eigenvalue weighted by Crippen LogP contribution is 2.47. The van der Waals surface area contributed by atoms with E-state index in [1.54, 1.807) is 0 Å². The Kier molecular flexibility index (Phi) is 17.9. The Morgan fingerprint density at radius 2 is 1.00 bits per heavy atom. The van der Waals surface area contributed by atoms with Crippen LogP contribution in [0.25, 0.3) is 0 Å². The summed E-state index contributed by atoms with van der Waals surface area (Å²) in [5.74, 6) is 0.729. The molecule has 0 aliphatic heterocycles. The number of hydrogen-bond acceptors (Lipinski definition) is 2. The van der Waals surface area contributed by atoms with Gasteiger partial charge in [0.1, 0.15) is 0 Å². The molecule has 0 spiro atoms. The van der Waals surface area contributed by atoms with Crippen LogP contribution in [0.5, 0.6) is 0 Å². The highest BCUT2D eigenvalue weighted by atomic mass is 28.4. The molecule has 0 rings (SSSR count). The monoisotopic (exact) mass is 428 g/mol. The van der Waals surface area contributed by atoms with E-state index < -0.39 is 8.56 Å². The van der Waals surface area contributed by atoms with Gasteiger partial charge in [-0.3, -0.25) is 0 Å². The fourth-order valence-corrected chi connectivity index (χ4v) is 8.86. The van der Waals surface area contributed by atoms with Gasteiger partial charge in [-0.15, -0.1) is 0 Å². The molecule has 0 N–H and O–H groups in total. The van der Waals surface area contributed by atoms with E-state index in [9.17, 15) is 0 Å². The van der Waals surface area contributed by atoms with Crippen molar-refractivity contribution in [2.24, 2.45) is 5.92 Å². The first-order chi connectivity index (χ1) is 13.9. The third-order valence-electron chi connectivity index (χ3n) is 7.31. The van der Waals surface area contributed by atoms with E-state index in [2.05, 4.69) is 34.6 Å². The molecule has 176 valence electrons. The van der Waals surface area contributed by atoms with Crippen LogP contribution in [0.1, 0.15) is 137 Å². The lowest BCUT2D eigenvalue weighted by Gasteiger charge is -2.43. The van der Waals surface area contributed by atoms with Gasteiger partial charge in [0, 0.05) is 19.3 Å². The van der Waals surface area contributed by atoms with Gasteiger partial charge in [-0.25, -0.2) is 0 Å².